The minimum absolute atomic E-state index is 0.178. The molecule has 1 heterocycles. The zero-order valence-electron chi connectivity index (χ0n) is 11.5. The number of aromatic nitrogens is 1. The van der Waals surface area contributed by atoms with Crippen LogP contribution < -0.4 is 5.73 Å². The summed E-state index contributed by atoms with van der Waals surface area (Å²) in [7, 11) is 0. The molecule has 2 aromatic rings. The summed E-state index contributed by atoms with van der Waals surface area (Å²) < 4.78 is 0. The Hall–Kier alpha value is -1.90. The molecule has 0 fully saturated rings. The fourth-order valence-electron chi connectivity index (χ4n) is 3.23. The molecule has 0 spiro atoms. The van der Waals surface area contributed by atoms with Crippen LogP contribution in [0.1, 0.15) is 40.8 Å². The molecule has 0 saturated carbocycles. The third-order valence-corrected chi connectivity index (χ3v) is 3.97. The summed E-state index contributed by atoms with van der Waals surface area (Å²) in [6, 6.07) is 4.25. The Morgan fingerprint density at radius 1 is 1.21 bits per heavy atom. The third-order valence-electron chi connectivity index (χ3n) is 3.97. The predicted molar refractivity (Wildman–Crippen MR) is 78.9 cm³/mol. The zero-order valence-corrected chi connectivity index (χ0v) is 11.5. The number of hydrogen-bond acceptors (Lipinski definition) is 2. The summed E-state index contributed by atoms with van der Waals surface area (Å²) in [6.45, 7) is 4.17. The number of rotatable bonds is 1. The Kier molecular flexibility index (Phi) is 2.77. The first-order chi connectivity index (χ1) is 9.08. The maximum atomic E-state index is 7.96. The molecule has 3 N–H and O–H groups in total. The van der Waals surface area contributed by atoms with Gasteiger partial charge in [0.05, 0.1) is 5.52 Å². The van der Waals surface area contributed by atoms with Crippen molar-refractivity contribution in [1.29, 1.82) is 5.41 Å². The van der Waals surface area contributed by atoms with E-state index in [0.29, 0.717) is 0 Å². The van der Waals surface area contributed by atoms with E-state index in [1.807, 2.05) is 0 Å². The molecule has 1 aliphatic carbocycles. The van der Waals surface area contributed by atoms with E-state index >= 15 is 0 Å². The first-order valence-electron chi connectivity index (χ1n) is 6.85. The Labute approximate surface area is 113 Å². The normalized spacial score (nSPS) is 14.4. The second kappa shape index (κ2) is 4.34. The topological polar surface area (TPSA) is 62.8 Å². The standard InChI is InChI=1S/C16H19N3/c1-9-7-10(2)14-13(8-9)19-12-6-4-3-5-11(12)15(14)16(17)18/h7-8H,3-6H2,1-2H3,(H3,17,18). The van der Waals surface area contributed by atoms with Gasteiger partial charge in [0.15, 0.2) is 0 Å². The van der Waals surface area contributed by atoms with Gasteiger partial charge in [-0.15, -0.1) is 0 Å². The quantitative estimate of drug-likeness (QED) is 0.606. The lowest BCUT2D eigenvalue weighted by Gasteiger charge is -2.21. The molecule has 0 aliphatic heterocycles. The van der Waals surface area contributed by atoms with E-state index < -0.39 is 0 Å². The summed E-state index contributed by atoms with van der Waals surface area (Å²) in [5, 5.41) is 9.03. The number of hydrogen-bond donors (Lipinski definition) is 2. The van der Waals surface area contributed by atoms with Crippen molar-refractivity contribution in [2.24, 2.45) is 5.73 Å². The molecule has 0 radical (unpaired) electrons. The van der Waals surface area contributed by atoms with Gasteiger partial charge in [0.2, 0.25) is 0 Å². The van der Waals surface area contributed by atoms with Crippen LogP contribution in [0.15, 0.2) is 12.1 Å². The van der Waals surface area contributed by atoms with Crippen LogP contribution in [-0.4, -0.2) is 10.8 Å². The van der Waals surface area contributed by atoms with Gasteiger partial charge in [0.1, 0.15) is 5.84 Å². The van der Waals surface area contributed by atoms with Crippen molar-refractivity contribution in [3.8, 4) is 0 Å². The third kappa shape index (κ3) is 1.89. The van der Waals surface area contributed by atoms with E-state index in [0.717, 1.165) is 35.0 Å². The average Bonchev–Trinajstić information content (AvgIpc) is 2.35. The molecule has 3 heteroatoms. The van der Waals surface area contributed by atoms with E-state index in [1.54, 1.807) is 0 Å². The van der Waals surface area contributed by atoms with Crippen molar-refractivity contribution in [1.82, 2.24) is 4.98 Å². The summed E-state index contributed by atoms with van der Waals surface area (Å²) in [5.74, 6) is 0.178. The van der Waals surface area contributed by atoms with Gasteiger partial charge in [-0.2, -0.15) is 0 Å². The maximum Gasteiger partial charge on any atom is 0.123 e. The van der Waals surface area contributed by atoms with E-state index in [1.165, 1.54) is 29.5 Å². The van der Waals surface area contributed by atoms with Crippen molar-refractivity contribution in [2.45, 2.75) is 39.5 Å². The number of nitrogens with two attached hydrogens (primary N) is 1. The highest BCUT2D eigenvalue weighted by Crippen LogP contribution is 2.31. The van der Waals surface area contributed by atoms with Crippen molar-refractivity contribution in [2.75, 3.05) is 0 Å². The molecule has 98 valence electrons. The first-order valence-corrected chi connectivity index (χ1v) is 6.85. The summed E-state index contributed by atoms with van der Waals surface area (Å²) >= 11 is 0. The lowest BCUT2D eigenvalue weighted by atomic mass is 9.88. The SMILES string of the molecule is Cc1cc(C)c2c(C(=N)N)c3c(nc2c1)CCCC3. The molecule has 3 nitrogen and oxygen atoms in total. The first kappa shape index (κ1) is 12.2. The number of fused-ring (bicyclic) bond motifs is 2. The highest BCUT2D eigenvalue weighted by atomic mass is 14.7. The summed E-state index contributed by atoms with van der Waals surface area (Å²) in [5.41, 5.74) is 12.5. The molecule has 0 atom stereocenters. The van der Waals surface area contributed by atoms with E-state index in [-0.39, 0.29) is 5.84 Å². The van der Waals surface area contributed by atoms with Gasteiger partial charge in [-0.1, -0.05) is 6.07 Å². The number of aryl methyl sites for hydroxylation is 3. The Balaban J connectivity index is 2.46. The summed E-state index contributed by atoms with van der Waals surface area (Å²) in [4.78, 5) is 4.83. The minimum Gasteiger partial charge on any atom is -0.384 e. The van der Waals surface area contributed by atoms with Crippen molar-refractivity contribution < 1.29 is 0 Å². The Morgan fingerprint density at radius 3 is 2.68 bits per heavy atom. The monoisotopic (exact) mass is 253 g/mol. The van der Waals surface area contributed by atoms with Crippen LogP contribution in [0.2, 0.25) is 0 Å². The van der Waals surface area contributed by atoms with Gasteiger partial charge in [-0.05, 0) is 62.3 Å². The second-order valence-corrected chi connectivity index (χ2v) is 5.51. The molecule has 0 amide bonds. The molecule has 0 unspecified atom stereocenters. The number of benzene rings is 1. The van der Waals surface area contributed by atoms with Crippen molar-refractivity contribution in [3.63, 3.8) is 0 Å². The lowest BCUT2D eigenvalue weighted by Crippen LogP contribution is -2.19. The van der Waals surface area contributed by atoms with Crippen molar-refractivity contribution >= 4 is 16.7 Å². The van der Waals surface area contributed by atoms with Crippen LogP contribution in [0.3, 0.4) is 0 Å². The minimum atomic E-state index is 0.178. The van der Waals surface area contributed by atoms with Gasteiger partial charge >= 0.3 is 0 Å². The molecular weight excluding hydrogens is 234 g/mol. The fourth-order valence-corrected chi connectivity index (χ4v) is 3.23. The van der Waals surface area contributed by atoms with Gasteiger partial charge < -0.3 is 5.73 Å². The Bertz CT molecular complexity index is 686. The number of amidine groups is 1. The fraction of sp³-hybridized carbons (Fsp3) is 0.375. The molecule has 19 heavy (non-hydrogen) atoms. The van der Waals surface area contributed by atoms with Crippen molar-refractivity contribution in [3.05, 3.63) is 40.1 Å². The van der Waals surface area contributed by atoms with Crippen LogP contribution in [0, 0.1) is 19.3 Å². The van der Waals surface area contributed by atoms with E-state index in [9.17, 15) is 0 Å². The van der Waals surface area contributed by atoms with Gasteiger partial charge in [-0.25, -0.2) is 0 Å². The number of nitrogens with one attached hydrogen (secondary N) is 1. The highest BCUT2D eigenvalue weighted by Gasteiger charge is 2.20. The van der Waals surface area contributed by atoms with E-state index in [2.05, 4.69) is 26.0 Å². The van der Waals surface area contributed by atoms with Crippen LogP contribution >= 0.6 is 0 Å². The zero-order chi connectivity index (χ0) is 13.6. The van der Waals surface area contributed by atoms with Gasteiger partial charge in [0, 0.05) is 16.6 Å². The molecular formula is C16H19N3. The van der Waals surface area contributed by atoms with Crippen LogP contribution in [0.4, 0.5) is 0 Å². The van der Waals surface area contributed by atoms with Gasteiger partial charge in [0.25, 0.3) is 0 Å². The maximum absolute atomic E-state index is 7.96. The number of pyridine rings is 1. The van der Waals surface area contributed by atoms with E-state index in [4.69, 9.17) is 16.1 Å². The molecule has 0 bridgehead atoms. The second-order valence-electron chi connectivity index (χ2n) is 5.51. The molecule has 1 aliphatic rings. The smallest absolute Gasteiger partial charge is 0.123 e. The number of nitrogens with zero attached hydrogens (tertiary/aromatic N) is 1. The van der Waals surface area contributed by atoms with Crippen LogP contribution in [-0.2, 0) is 12.8 Å². The highest BCUT2D eigenvalue weighted by molar-refractivity contribution is 6.09. The average molecular weight is 253 g/mol. The van der Waals surface area contributed by atoms with Gasteiger partial charge in [-0.3, -0.25) is 10.4 Å². The predicted octanol–water partition coefficient (Wildman–Crippen LogP) is 3.01. The summed E-state index contributed by atoms with van der Waals surface area (Å²) in [6.07, 6.45) is 4.37. The molecule has 1 aromatic carbocycles. The van der Waals surface area contributed by atoms with Crippen LogP contribution in [0.5, 0.6) is 0 Å². The lowest BCUT2D eigenvalue weighted by molar-refractivity contribution is 0.670. The molecule has 0 saturated heterocycles. The van der Waals surface area contributed by atoms with Crippen LogP contribution in [0.25, 0.3) is 10.9 Å². The molecule has 3 rings (SSSR count). The number of nitrogen functional groups attached to an aromatic ring is 1. The molecule has 1 aromatic heterocycles. The largest absolute Gasteiger partial charge is 0.384 e. The Morgan fingerprint density at radius 2 is 1.95 bits per heavy atom.